The zero-order valence-corrected chi connectivity index (χ0v) is 36.9. The van der Waals surface area contributed by atoms with Gasteiger partial charge in [-0.3, -0.25) is 0 Å². The number of fused-ring (bicyclic) bond motifs is 2. The summed E-state index contributed by atoms with van der Waals surface area (Å²) >= 11 is 7.53. The molecule has 0 N–H and O–H groups in total. The molecule has 5 aromatic carbocycles. The van der Waals surface area contributed by atoms with Crippen molar-refractivity contribution in [1.82, 2.24) is 0 Å². The van der Waals surface area contributed by atoms with Crippen molar-refractivity contribution < 1.29 is 4.58 Å². The van der Waals surface area contributed by atoms with Gasteiger partial charge in [-0.2, -0.15) is 14.6 Å². The molecule has 296 valence electrons. The zero-order valence-electron chi connectivity index (χ0n) is 35.3. The monoisotopic (exact) mass is 801 g/mol. The van der Waals surface area contributed by atoms with Gasteiger partial charge < -0.3 is 4.90 Å². The van der Waals surface area contributed by atoms with Crippen LogP contribution in [0.5, 0.6) is 0 Å². The number of rotatable bonds is 10. The Labute approximate surface area is 354 Å². The predicted molar refractivity (Wildman–Crippen MR) is 250 cm³/mol. The highest BCUT2D eigenvalue weighted by atomic mass is 35.5. The number of allylic oxidation sites excluding steroid dienone is 8. The zero-order chi connectivity index (χ0) is 40.7. The van der Waals surface area contributed by atoms with Crippen molar-refractivity contribution in [3.05, 3.63) is 196 Å². The molecule has 0 aromatic heterocycles. The third kappa shape index (κ3) is 6.95. The van der Waals surface area contributed by atoms with Gasteiger partial charge in [0.15, 0.2) is 5.71 Å². The van der Waals surface area contributed by atoms with Crippen LogP contribution in [0, 0.1) is 0 Å². The van der Waals surface area contributed by atoms with E-state index in [-0.39, 0.29) is 16.7 Å². The summed E-state index contributed by atoms with van der Waals surface area (Å²) in [6, 6.07) is 49.9. The average Bonchev–Trinajstić information content (AvgIpc) is 3.57. The Hall–Kier alpha value is -4.83. The molecule has 1 atom stereocenters. The molecule has 0 fully saturated rings. The summed E-state index contributed by atoms with van der Waals surface area (Å²) in [5.74, 6) is 1.43. The first-order valence-electron chi connectivity index (χ1n) is 21.0. The summed E-state index contributed by atoms with van der Waals surface area (Å²) in [7, 11) is 2.92. The van der Waals surface area contributed by atoms with E-state index in [1.807, 2.05) is 0 Å². The Kier molecular flexibility index (Phi) is 11.1. The van der Waals surface area contributed by atoms with Gasteiger partial charge in [0.05, 0.1) is 5.41 Å². The van der Waals surface area contributed by atoms with E-state index >= 15 is 0 Å². The lowest BCUT2D eigenvalue weighted by Crippen LogP contribution is -2.26. The number of hydrogen-bond donors (Lipinski definition) is 0. The van der Waals surface area contributed by atoms with Crippen molar-refractivity contribution in [3.63, 3.8) is 0 Å². The molecule has 58 heavy (non-hydrogen) atoms. The van der Waals surface area contributed by atoms with Crippen LogP contribution in [-0.2, 0) is 10.8 Å². The van der Waals surface area contributed by atoms with Gasteiger partial charge in [-0.15, -0.1) is 0 Å². The van der Waals surface area contributed by atoms with Crippen LogP contribution in [0.3, 0.4) is 0 Å². The Balaban J connectivity index is 1.20. The molecule has 1 aliphatic carbocycles. The molecule has 2 nitrogen and oxygen atoms in total. The molecular weight excluding hydrogens is 744 g/mol. The lowest BCUT2D eigenvalue weighted by atomic mass is 9.79. The van der Waals surface area contributed by atoms with Crippen LogP contribution in [0.4, 0.5) is 11.4 Å². The number of hydrogen-bond acceptors (Lipinski definition) is 1. The maximum atomic E-state index is 7.53. The van der Waals surface area contributed by atoms with Gasteiger partial charge in [0.2, 0.25) is 5.69 Å². The normalized spacial score (nSPS) is 20.3. The molecule has 0 radical (unpaired) electrons. The fourth-order valence-electron chi connectivity index (χ4n) is 9.87. The van der Waals surface area contributed by atoms with Gasteiger partial charge >= 0.3 is 0 Å². The van der Waals surface area contributed by atoms with Crippen LogP contribution in [0.25, 0.3) is 0 Å². The second kappa shape index (κ2) is 16.1. The Morgan fingerprint density at radius 3 is 1.90 bits per heavy atom. The number of para-hydroxylation sites is 2. The second-order valence-corrected chi connectivity index (χ2v) is 21.0. The molecule has 0 saturated heterocycles. The number of benzene rings is 5. The number of likely N-dealkylation sites (N-methyl/N-ethyl adjacent to an activating group) is 1. The summed E-state index contributed by atoms with van der Waals surface area (Å²) in [5, 5.41) is 0.879. The third-order valence-electron chi connectivity index (χ3n) is 13.1. The summed E-state index contributed by atoms with van der Waals surface area (Å²) < 4.78 is 2.35. The van der Waals surface area contributed by atoms with Gasteiger partial charge in [-0.1, -0.05) is 136 Å². The highest BCUT2D eigenvalue weighted by molar-refractivity contribution is 8.33. The summed E-state index contributed by atoms with van der Waals surface area (Å²) in [4.78, 5) is 6.65. The first kappa shape index (κ1) is 40.0. The van der Waals surface area contributed by atoms with E-state index in [4.69, 9.17) is 11.6 Å². The highest BCUT2D eigenvalue weighted by Gasteiger charge is 2.43. The van der Waals surface area contributed by atoms with E-state index in [0.29, 0.717) is 0 Å². The molecular formula is C54H58ClN2S+. The topological polar surface area (TPSA) is 6.25 Å². The molecule has 2 aliphatic heterocycles. The van der Waals surface area contributed by atoms with E-state index in [1.165, 1.54) is 78.1 Å². The average molecular weight is 803 g/mol. The van der Waals surface area contributed by atoms with Crippen molar-refractivity contribution in [2.24, 2.45) is 0 Å². The lowest BCUT2D eigenvalue weighted by molar-refractivity contribution is -0.401. The maximum Gasteiger partial charge on any atom is 0.209 e. The van der Waals surface area contributed by atoms with Crippen molar-refractivity contribution in [3.8, 4) is 0 Å². The molecule has 0 bridgehead atoms. The van der Waals surface area contributed by atoms with Crippen LogP contribution in [0.2, 0.25) is 0 Å². The van der Waals surface area contributed by atoms with Crippen LogP contribution in [-0.4, -0.2) is 30.1 Å². The molecule has 0 amide bonds. The van der Waals surface area contributed by atoms with Gasteiger partial charge in [-0.05, 0) is 130 Å². The predicted octanol–water partition coefficient (Wildman–Crippen LogP) is 14.6. The van der Waals surface area contributed by atoms with E-state index in [2.05, 4.69) is 216 Å². The van der Waals surface area contributed by atoms with Crippen molar-refractivity contribution >= 4 is 38.7 Å². The van der Waals surface area contributed by atoms with Crippen molar-refractivity contribution in [1.29, 1.82) is 0 Å². The first-order valence-corrected chi connectivity index (χ1v) is 23.2. The van der Waals surface area contributed by atoms with Crippen LogP contribution in [0.15, 0.2) is 194 Å². The maximum absolute atomic E-state index is 7.53. The molecule has 0 saturated carbocycles. The van der Waals surface area contributed by atoms with Crippen LogP contribution >= 0.6 is 21.6 Å². The Morgan fingerprint density at radius 1 is 0.690 bits per heavy atom. The number of nitrogens with zero attached hydrogens (tertiary/aromatic N) is 2. The van der Waals surface area contributed by atoms with E-state index in [0.717, 1.165) is 23.6 Å². The van der Waals surface area contributed by atoms with Crippen LogP contribution < -0.4 is 4.90 Å². The van der Waals surface area contributed by atoms with Gasteiger partial charge in [0, 0.05) is 46.6 Å². The summed E-state index contributed by atoms with van der Waals surface area (Å²) in [6.07, 6.45) is 13.4. The standard InChI is InChI=1S/C54H58ClN2S/c1-8-9-36-58(43-20-12-10-13-21-43,44-22-14-11-15-23-44)45-32-28-39(29-33-45)42-37-40(30-34-50-53(2,3)46-24-16-18-26-48(46)56(50)6)52(55)41(38-42)31-35-51-54(4,5)47-25-17-19-27-49(47)57(51)7/h10-35,42H,8-9,36-38H2,1-7H3/q+1. The molecule has 8 rings (SSSR count). The van der Waals surface area contributed by atoms with Crippen LogP contribution in [0.1, 0.15) is 82.9 Å². The second-order valence-electron chi connectivity index (χ2n) is 17.3. The largest absolute Gasteiger partial charge is 0.347 e. The van der Waals surface area contributed by atoms with E-state index in [9.17, 15) is 0 Å². The summed E-state index contributed by atoms with van der Waals surface area (Å²) in [6.45, 7) is 11.6. The third-order valence-corrected chi connectivity index (χ3v) is 17.7. The fraction of sp³-hybridized carbons (Fsp3) is 0.278. The molecule has 1 unspecified atom stereocenters. The van der Waals surface area contributed by atoms with Gasteiger partial charge in [-0.25, -0.2) is 0 Å². The number of anilines is 1. The smallest absolute Gasteiger partial charge is 0.209 e. The minimum absolute atomic E-state index is 0.111. The first-order chi connectivity index (χ1) is 28.0. The Morgan fingerprint density at radius 2 is 1.28 bits per heavy atom. The minimum Gasteiger partial charge on any atom is -0.347 e. The fourth-order valence-corrected chi connectivity index (χ4v) is 14.2. The highest BCUT2D eigenvalue weighted by Crippen LogP contribution is 2.68. The lowest BCUT2D eigenvalue weighted by Gasteiger charge is -2.42. The van der Waals surface area contributed by atoms with E-state index < -0.39 is 10.0 Å². The van der Waals surface area contributed by atoms with E-state index in [1.54, 1.807) is 0 Å². The molecule has 3 aliphatic rings. The molecule has 5 aromatic rings. The van der Waals surface area contributed by atoms with Crippen molar-refractivity contribution in [2.75, 3.05) is 24.7 Å². The number of halogens is 1. The molecule has 2 heterocycles. The molecule has 4 heteroatoms. The van der Waals surface area contributed by atoms with Crippen molar-refractivity contribution in [2.45, 2.75) is 91.7 Å². The summed E-state index contributed by atoms with van der Waals surface area (Å²) in [5.41, 5.74) is 11.4. The van der Waals surface area contributed by atoms with Gasteiger partial charge in [0.1, 0.15) is 7.05 Å². The minimum atomic E-state index is -1.46. The Bertz CT molecular complexity index is 2430. The quantitative estimate of drug-likeness (QED) is 0.128. The number of unbranched alkanes of at least 4 members (excludes halogenated alkanes) is 1. The SMILES string of the molecule is CCCCS(c1ccccc1)(c1ccccc1)c1ccc(C2CC(/C=C/C3=[N+](C)c4ccccc4C3(C)C)=C(Cl)C(=C/C=C3/N(C)c4ccccc4C3(C)C)/C2)cc1. The van der Waals surface area contributed by atoms with Gasteiger partial charge in [0.25, 0.3) is 0 Å². The molecule has 0 spiro atoms.